The standard InChI is InChI=1S/C21H15F3N6O/c22-21(23,24)14-3-1-4-15(11-14)28-19-17(5-2-8-26-19)20(31)29-16-6-7-18(27-12-16)30-10-9-25-13-30/h1-13H,(H,26,28)(H,29,31). The van der Waals surface area contributed by atoms with Crippen LogP contribution in [-0.2, 0) is 6.18 Å². The Bertz CT molecular complexity index is 1190. The quantitative estimate of drug-likeness (QED) is 0.486. The summed E-state index contributed by atoms with van der Waals surface area (Å²) >= 11 is 0. The molecule has 0 unspecified atom stereocenters. The number of aromatic nitrogens is 4. The zero-order valence-electron chi connectivity index (χ0n) is 15.8. The molecule has 0 aliphatic heterocycles. The van der Waals surface area contributed by atoms with Gasteiger partial charge in [-0.3, -0.25) is 9.36 Å². The Morgan fingerprint density at radius 1 is 0.968 bits per heavy atom. The number of hydrogen-bond donors (Lipinski definition) is 2. The number of hydrogen-bond acceptors (Lipinski definition) is 5. The first-order chi connectivity index (χ1) is 14.9. The van der Waals surface area contributed by atoms with Gasteiger partial charge in [0.1, 0.15) is 18.0 Å². The van der Waals surface area contributed by atoms with Gasteiger partial charge >= 0.3 is 6.18 Å². The van der Waals surface area contributed by atoms with E-state index in [1.807, 2.05) is 0 Å². The maximum atomic E-state index is 13.0. The summed E-state index contributed by atoms with van der Waals surface area (Å²) in [6, 6.07) is 11.1. The largest absolute Gasteiger partial charge is 0.416 e. The lowest BCUT2D eigenvalue weighted by atomic mass is 10.2. The second-order valence-electron chi connectivity index (χ2n) is 6.43. The molecular formula is C21H15F3N6O. The van der Waals surface area contributed by atoms with E-state index in [0.717, 1.165) is 12.1 Å². The average Bonchev–Trinajstić information content (AvgIpc) is 3.29. The van der Waals surface area contributed by atoms with Crippen LogP contribution in [-0.4, -0.2) is 25.4 Å². The zero-order valence-corrected chi connectivity index (χ0v) is 15.8. The van der Waals surface area contributed by atoms with Gasteiger partial charge in [-0.05, 0) is 42.5 Å². The van der Waals surface area contributed by atoms with Crippen molar-refractivity contribution in [2.24, 2.45) is 0 Å². The SMILES string of the molecule is O=C(Nc1ccc(-n2ccnc2)nc1)c1cccnc1Nc1cccc(C(F)(F)F)c1. The average molecular weight is 424 g/mol. The number of imidazole rings is 1. The van der Waals surface area contributed by atoms with Crippen molar-refractivity contribution in [2.45, 2.75) is 6.18 Å². The van der Waals surface area contributed by atoms with Gasteiger partial charge in [0.15, 0.2) is 0 Å². The van der Waals surface area contributed by atoms with Crippen LogP contribution in [0.4, 0.5) is 30.4 Å². The molecule has 3 heterocycles. The van der Waals surface area contributed by atoms with Crippen LogP contribution in [0.15, 0.2) is 79.6 Å². The Labute approximate surface area is 174 Å². The Hall–Kier alpha value is -4.21. The maximum absolute atomic E-state index is 13.0. The van der Waals surface area contributed by atoms with Crippen molar-refractivity contribution in [3.8, 4) is 5.82 Å². The number of pyridine rings is 2. The van der Waals surface area contributed by atoms with Gasteiger partial charge in [0.25, 0.3) is 5.91 Å². The predicted molar refractivity (Wildman–Crippen MR) is 108 cm³/mol. The van der Waals surface area contributed by atoms with E-state index < -0.39 is 17.6 Å². The maximum Gasteiger partial charge on any atom is 0.416 e. The summed E-state index contributed by atoms with van der Waals surface area (Å²) in [7, 11) is 0. The number of rotatable bonds is 5. The lowest BCUT2D eigenvalue weighted by Gasteiger charge is -2.13. The summed E-state index contributed by atoms with van der Waals surface area (Å²) in [4.78, 5) is 25.1. The van der Waals surface area contributed by atoms with E-state index in [2.05, 4.69) is 25.6 Å². The molecule has 4 rings (SSSR count). The number of nitrogens with zero attached hydrogens (tertiary/aromatic N) is 4. The highest BCUT2D eigenvalue weighted by Crippen LogP contribution is 2.31. The fourth-order valence-corrected chi connectivity index (χ4v) is 2.80. The van der Waals surface area contributed by atoms with Crippen LogP contribution < -0.4 is 10.6 Å². The first kappa shape index (κ1) is 20.1. The van der Waals surface area contributed by atoms with Crippen molar-refractivity contribution in [3.63, 3.8) is 0 Å². The molecule has 0 bridgehead atoms. The van der Waals surface area contributed by atoms with E-state index in [-0.39, 0.29) is 17.1 Å². The predicted octanol–water partition coefficient (Wildman–Crippen LogP) is 4.68. The van der Waals surface area contributed by atoms with E-state index in [4.69, 9.17) is 0 Å². The van der Waals surface area contributed by atoms with Crippen molar-refractivity contribution in [1.29, 1.82) is 0 Å². The molecule has 0 fully saturated rings. The van der Waals surface area contributed by atoms with E-state index in [9.17, 15) is 18.0 Å². The van der Waals surface area contributed by atoms with E-state index in [1.165, 1.54) is 30.6 Å². The van der Waals surface area contributed by atoms with Crippen LogP contribution in [0.1, 0.15) is 15.9 Å². The molecule has 3 aromatic heterocycles. The Morgan fingerprint density at radius 2 is 1.84 bits per heavy atom. The van der Waals surface area contributed by atoms with Gasteiger partial charge in [-0.25, -0.2) is 15.0 Å². The van der Waals surface area contributed by atoms with Crippen molar-refractivity contribution in [3.05, 3.63) is 90.8 Å². The first-order valence-corrected chi connectivity index (χ1v) is 9.05. The number of anilines is 3. The first-order valence-electron chi connectivity index (χ1n) is 9.05. The van der Waals surface area contributed by atoms with Crippen molar-refractivity contribution < 1.29 is 18.0 Å². The highest BCUT2D eigenvalue weighted by atomic mass is 19.4. The lowest BCUT2D eigenvalue weighted by molar-refractivity contribution is -0.137. The summed E-state index contributed by atoms with van der Waals surface area (Å²) in [5.74, 6) is 0.269. The molecule has 4 aromatic rings. The summed E-state index contributed by atoms with van der Waals surface area (Å²) in [5.41, 5.74) is -0.0289. The van der Waals surface area contributed by atoms with E-state index in [1.54, 1.807) is 41.5 Å². The van der Waals surface area contributed by atoms with Crippen LogP contribution >= 0.6 is 0 Å². The fourth-order valence-electron chi connectivity index (χ4n) is 2.80. The lowest BCUT2D eigenvalue weighted by Crippen LogP contribution is -2.15. The summed E-state index contributed by atoms with van der Waals surface area (Å²) in [6.07, 6.45) is 3.41. The number of nitrogens with one attached hydrogen (secondary N) is 2. The molecule has 10 heteroatoms. The van der Waals surface area contributed by atoms with Crippen LogP contribution in [0.25, 0.3) is 5.82 Å². The molecule has 0 spiro atoms. The normalized spacial score (nSPS) is 11.2. The minimum atomic E-state index is -4.47. The molecule has 0 aliphatic carbocycles. The minimum absolute atomic E-state index is 0.127. The molecule has 0 radical (unpaired) electrons. The van der Waals surface area contributed by atoms with Gasteiger partial charge < -0.3 is 10.6 Å². The molecule has 7 nitrogen and oxygen atoms in total. The molecule has 1 aromatic carbocycles. The second-order valence-corrected chi connectivity index (χ2v) is 6.43. The minimum Gasteiger partial charge on any atom is -0.340 e. The van der Waals surface area contributed by atoms with Crippen molar-refractivity contribution in [2.75, 3.05) is 10.6 Å². The molecule has 0 aliphatic rings. The van der Waals surface area contributed by atoms with Gasteiger partial charge in [-0.1, -0.05) is 6.07 Å². The molecule has 31 heavy (non-hydrogen) atoms. The van der Waals surface area contributed by atoms with Crippen LogP contribution in [0.2, 0.25) is 0 Å². The van der Waals surface area contributed by atoms with E-state index in [0.29, 0.717) is 11.5 Å². The van der Waals surface area contributed by atoms with Crippen LogP contribution in [0, 0.1) is 0 Å². The smallest absolute Gasteiger partial charge is 0.340 e. The number of alkyl halides is 3. The topological polar surface area (TPSA) is 84.7 Å². The highest BCUT2D eigenvalue weighted by molar-refractivity contribution is 6.07. The Morgan fingerprint density at radius 3 is 2.55 bits per heavy atom. The molecule has 1 amide bonds. The third kappa shape index (κ3) is 4.69. The number of halogens is 3. The molecule has 2 N–H and O–H groups in total. The van der Waals surface area contributed by atoms with Gasteiger partial charge in [0.05, 0.1) is 23.0 Å². The molecule has 156 valence electrons. The van der Waals surface area contributed by atoms with Crippen molar-refractivity contribution >= 4 is 23.1 Å². The number of carbonyl (C=O) groups excluding carboxylic acids is 1. The molecule has 0 saturated carbocycles. The highest BCUT2D eigenvalue weighted by Gasteiger charge is 2.30. The van der Waals surface area contributed by atoms with Gasteiger partial charge in [0.2, 0.25) is 0 Å². The summed E-state index contributed by atoms with van der Waals surface area (Å²) < 4.78 is 40.6. The monoisotopic (exact) mass is 424 g/mol. The molecular weight excluding hydrogens is 409 g/mol. The zero-order chi connectivity index (χ0) is 21.8. The number of benzene rings is 1. The fraction of sp³-hybridized carbons (Fsp3) is 0.0476. The van der Waals surface area contributed by atoms with Crippen LogP contribution in [0.3, 0.4) is 0 Å². The van der Waals surface area contributed by atoms with Gasteiger partial charge in [-0.15, -0.1) is 0 Å². The summed E-state index contributed by atoms with van der Waals surface area (Å²) in [5, 5.41) is 5.49. The molecule has 0 saturated heterocycles. The van der Waals surface area contributed by atoms with Gasteiger partial charge in [-0.2, -0.15) is 13.2 Å². The summed E-state index contributed by atoms with van der Waals surface area (Å²) in [6.45, 7) is 0. The van der Waals surface area contributed by atoms with Crippen molar-refractivity contribution in [1.82, 2.24) is 19.5 Å². The third-order valence-electron chi connectivity index (χ3n) is 4.28. The van der Waals surface area contributed by atoms with Crippen LogP contribution in [0.5, 0.6) is 0 Å². The Balaban J connectivity index is 1.52. The third-order valence-corrected chi connectivity index (χ3v) is 4.28. The Kier molecular flexibility index (Phi) is 5.35. The number of amides is 1. The number of carbonyl (C=O) groups is 1. The second kappa shape index (κ2) is 8.27. The van der Waals surface area contributed by atoms with E-state index >= 15 is 0 Å². The molecule has 0 atom stereocenters. The van der Waals surface area contributed by atoms with Gasteiger partial charge in [0, 0.05) is 24.3 Å².